The molecule has 2 heterocycles. The lowest BCUT2D eigenvalue weighted by atomic mass is 9.91. The standard InChI is InChI=1S/C24H27N3O2S2/c1-16-11-17(2)13-27(12-16)24(29)18-7-3-4-8-19(18)25-22(28)14-30-15-23-26-20-9-5-6-10-21(20)31-23/h3-10,16-17H,11-15H2,1-2H3,(H,25,28). The fourth-order valence-electron chi connectivity index (χ4n) is 4.18. The average Bonchev–Trinajstić information content (AvgIpc) is 3.16. The summed E-state index contributed by atoms with van der Waals surface area (Å²) in [6.45, 7) is 5.91. The summed E-state index contributed by atoms with van der Waals surface area (Å²) >= 11 is 3.19. The van der Waals surface area contributed by atoms with E-state index in [1.54, 1.807) is 23.5 Å². The van der Waals surface area contributed by atoms with Crippen molar-refractivity contribution in [1.82, 2.24) is 9.88 Å². The number of carbonyl (C=O) groups excluding carboxylic acids is 2. The van der Waals surface area contributed by atoms with E-state index in [1.807, 2.05) is 35.2 Å². The Labute approximate surface area is 191 Å². The van der Waals surface area contributed by atoms with Crippen molar-refractivity contribution >= 4 is 50.8 Å². The van der Waals surface area contributed by atoms with Gasteiger partial charge in [-0.1, -0.05) is 38.1 Å². The summed E-state index contributed by atoms with van der Waals surface area (Å²) in [6, 6.07) is 15.4. The van der Waals surface area contributed by atoms with Crippen LogP contribution in [0, 0.1) is 11.8 Å². The van der Waals surface area contributed by atoms with Crippen molar-refractivity contribution in [2.45, 2.75) is 26.0 Å². The molecule has 1 aromatic heterocycles. The molecule has 0 aliphatic carbocycles. The maximum absolute atomic E-state index is 13.1. The normalized spacial score (nSPS) is 18.8. The molecule has 3 aromatic rings. The first-order valence-electron chi connectivity index (χ1n) is 10.6. The molecule has 2 atom stereocenters. The van der Waals surface area contributed by atoms with Gasteiger partial charge in [0.15, 0.2) is 0 Å². The first-order chi connectivity index (χ1) is 15.0. The van der Waals surface area contributed by atoms with Crippen molar-refractivity contribution in [3.8, 4) is 0 Å². The van der Waals surface area contributed by atoms with Crippen LogP contribution in [0.3, 0.4) is 0 Å². The van der Waals surface area contributed by atoms with E-state index in [9.17, 15) is 9.59 Å². The second-order valence-electron chi connectivity index (χ2n) is 8.32. The molecule has 0 bridgehead atoms. The number of anilines is 1. The minimum Gasteiger partial charge on any atom is -0.338 e. The molecule has 2 amide bonds. The van der Waals surface area contributed by atoms with Gasteiger partial charge in [0.05, 0.1) is 27.2 Å². The van der Waals surface area contributed by atoms with Gasteiger partial charge >= 0.3 is 0 Å². The summed E-state index contributed by atoms with van der Waals surface area (Å²) in [7, 11) is 0. The predicted molar refractivity (Wildman–Crippen MR) is 130 cm³/mol. The topological polar surface area (TPSA) is 62.3 Å². The zero-order valence-corrected chi connectivity index (χ0v) is 19.5. The third kappa shape index (κ3) is 5.46. The van der Waals surface area contributed by atoms with E-state index in [0.29, 0.717) is 34.6 Å². The molecule has 2 aromatic carbocycles. The van der Waals surface area contributed by atoms with Crippen LogP contribution in [0.25, 0.3) is 10.2 Å². The number of rotatable bonds is 6. The number of aromatic nitrogens is 1. The molecule has 5 nitrogen and oxygen atoms in total. The van der Waals surface area contributed by atoms with Gasteiger partial charge in [0.2, 0.25) is 5.91 Å². The number of amides is 2. The lowest BCUT2D eigenvalue weighted by Crippen LogP contribution is -2.42. The number of hydrogen-bond donors (Lipinski definition) is 1. The Hall–Kier alpha value is -2.38. The van der Waals surface area contributed by atoms with E-state index in [2.05, 4.69) is 30.2 Å². The maximum Gasteiger partial charge on any atom is 0.255 e. The minimum absolute atomic E-state index is 0.00331. The first kappa shape index (κ1) is 21.8. The van der Waals surface area contributed by atoms with Crippen LogP contribution in [0.2, 0.25) is 0 Å². The molecule has 1 N–H and O–H groups in total. The van der Waals surface area contributed by atoms with Crippen LogP contribution < -0.4 is 5.32 Å². The van der Waals surface area contributed by atoms with E-state index in [-0.39, 0.29) is 11.8 Å². The highest BCUT2D eigenvalue weighted by molar-refractivity contribution is 7.99. The van der Waals surface area contributed by atoms with Gasteiger partial charge in [0.25, 0.3) is 5.91 Å². The third-order valence-electron chi connectivity index (χ3n) is 5.38. The molecule has 1 fully saturated rings. The number of hydrogen-bond acceptors (Lipinski definition) is 5. The van der Waals surface area contributed by atoms with Crippen molar-refractivity contribution in [2.75, 3.05) is 24.2 Å². The van der Waals surface area contributed by atoms with Crippen molar-refractivity contribution in [2.24, 2.45) is 11.8 Å². The Kier molecular flexibility index (Phi) is 6.92. The van der Waals surface area contributed by atoms with E-state index >= 15 is 0 Å². The monoisotopic (exact) mass is 453 g/mol. The van der Waals surface area contributed by atoms with Gasteiger partial charge in [-0.25, -0.2) is 4.98 Å². The second-order valence-corrected chi connectivity index (χ2v) is 10.4. The molecule has 0 saturated carbocycles. The quantitative estimate of drug-likeness (QED) is 0.551. The Morgan fingerprint density at radius 2 is 1.81 bits per heavy atom. The minimum atomic E-state index is -0.105. The van der Waals surface area contributed by atoms with Crippen LogP contribution in [-0.2, 0) is 10.5 Å². The molecule has 0 radical (unpaired) electrons. The Morgan fingerprint density at radius 1 is 1.10 bits per heavy atom. The summed E-state index contributed by atoms with van der Waals surface area (Å²) < 4.78 is 1.16. The molecule has 0 spiro atoms. The summed E-state index contributed by atoms with van der Waals surface area (Å²) in [5, 5.41) is 3.96. The van der Waals surface area contributed by atoms with Gasteiger partial charge in [0.1, 0.15) is 5.01 Å². The molecule has 7 heteroatoms. The van der Waals surface area contributed by atoms with Crippen LogP contribution in [0.1, 0.15) is 35.6 Å². The summed E-state index contributed by atoms with van der Waals surface area (Å²) in [5.74, 6) is 1.89. The Bertz CT molecular complexity index is 1040. The number of likely N-dealkylation sites (tertiary alicyclic amines) is 1. The molecular weight excluding hydrogens is 426 g/mol. The summed E-state index contributed by atoms with van der Waals surface area (Å²) in [6.07, 6.45) is 1.15. The molecular formula is C24H27N3O2S2. The van der Waals surface area contributed by atoms with Crippen molar-refractivity contribution in [3.05, 3.63) is 59.1 Å². The van der Waals surface area contributed by atoms with Crippen LogP contribution in [0.15, 0.2) is 48.5 Å². The van der Waals surface area contributed by atoms with Gasteiger partial charge in [-0.2, -0.15) is 0 Å². The van der Waals surface area contributed by atoms with Crippen LogP contribution in [0.4, 0.5) is 5.69 Å². The fourth-order valence-corrected chi connectivity index (χ4v) is 6.02. The maximum atomic E-state index is 13.1. The fraction of sp³-hybridized carbons (Fsp3) is 0.375. The number of fused-ring (bicyclic) bond motifs is 1. The van der Waals surface area contributed by atoms with E-state index in [4.69, 9.17) is 0 Å². The van der Waals surface area contributed by atoms with Crippen molar-refractivity contribution < 1.29 is 9.59 Å². The van der Waals surface area contributed by atoms with Crippen LogP contribution >= 0.6 is 23.1 Å². The smallest absolute Gasteiger partial charge is 0.255 e. The number of nitrogens with one attached hydrogen (secondary N) is 1. The highest BCUT2D eigenvalue weighted by atomic mass is 32.2. The number of thiazole rings is 1. The number of para-hydroxylation sites is 2. The Balaban J connectivity index is 1.35. The predicted octanol–water partition coefficient (Wildman–Crippen LogP) is 5.29. The van der Waals surface area contributed by atoms with E-state index in [1.165, 1.54) is 11.8 Å². The molecule has 162 valence electrons. The van der Waals surface area contributed by atoms with Gasteiger partial charge in [0, 0.05) is 18.8 Å². The molecule has 4 rings (SSSR count). The van der Waals surface area contributed by atoms with Crippen LogP contribution in [0.5, 0.6) is 0 Å². The van der Waals surface area contributed by atoms with Gasteiger partial charge in [-0.05, 0) is 42.5 Å². The number of carbonyl (C=O) groups is 2. The van der Waals surface area contributed by atoms with Crippen molar-refractivity contribution in [3.63, 3.8) is 0 Å². The van der Waals surface area contributed by atoms with E-state index < -0.39 is 0 Å². The van der Waals surface area contributed by atoms with Gasteiger partial charge in [-0.3, -0.25) is 9.59 Å². The van der Waals surface area contributed by atoms with Crippen molar-refractivity contribution in [1.29, 1.82) is 0 Å². The zero-order valence-electron chi connectivity index (χ0n) is 17.8. The van der Waals surface area contributed by atoms with Gasteiger partial charge in [-0.15, -0.1) is 23.1 Å². The largest absolute Gasteiger partial charge is 0.338 e. The first-order valence-corrected chi connectivity index (χ1v) is 12.6. The van der Waals surface area contributed by atoms with E-state index in [0.717, 1.165) is 34.7 Å². The van der Waals surface area contributed by atoms with Gasteiger partial charge < -0.3 is 10.2 Å². The lowest BCUT2D eigenvalue weighted by Gasteiger charge is -2.35. The average molecular weight is 454 g/mol. The molecule has 2 unspecified atom stereocenters. The summed E-state index contributed by atoms with van der Waals surface area (Å²) in [4.78, 5) is 32.2. The molecule has 1 aliphatic rings. The molecule has 31 heavy (non-hydrogen) atoms. The number of nitrogens with zero attached hydrogens (tertiary/aromatic N) is 2. The molecule has 1 saturated heterocycles. The SMILES string of the molecule is CC1CC(C)CN(C(=O)c2ccccc2NC(=O)CSCc2nc3ccccc3s2)C1. The highest BCUT2D eigenvalue weighted by Crippen LogP contribution is 2.26. The zero-order chi connectivity index (χ0) is 21.8. The number of benzene rings is 2. The van der Waals surface area contributed by atoms with Crippen LogP contribution in [-0.4, -0.2) is 40.5 Å². The highest BCUT2D eigenvalue weighted by Gasteiger charge is 2.27. The third-order valence-corrected chi connectivity index (χ3v) is 7.55. The molecule has 1 aliphatic heterocycles. The Morgan fingerprint density at radius 3 is 2.58 bits per heavy atom. The summed E-state index contributed by atoms with van der Waals surface area (Å²) in [5.41, 5.74) is 2.15. The number of piperidine rings is 1. The second kappa shape index (κ2) is 9.83. The lowest BCUT2D eigenvalue weighted by molar-refractivity contribution is -0.113. The number of thioether (sulfide) groups is 1.